The summed E-state index contributed by atoms with van der Waals surface area (Å²) in [5.74, 6) is -2.53. The Labute approximate surface area is 177 Å². The van der Waals surface area contributed by atoms with Crippen LogP contribution in [0, 0.1) is 5.82 Å². The molecule has 0 fully saturated rings. The first kappa shape index (κ1) is 20.4. The number of aromatic hydroxyl groups is 1. The number of halogens is 2. The maximum Gasteiger partial charge on any atom is 0.274 e. The van der Waals surface area contributed by atoms with Gasteiger partial charge in [-0.1, -0.05) is 23.7 Å². The third kappa shape index (κ3) is 2.89. The van der Waals surface area contributed by atoms with Crippen molar-refractivity contribution in [1.29, 1.82) is 0 Å². The Balaban J connectivity index is 1.76. The van der Waals surface area contributed by atoms with Gasteiger partial charge < -0.3 is 19.9 Å². The molecule has 2 aliphatic heterocycles. The number of pyridine rings is 1. The van der Waals surface area contributed by atoms with Crippen LogP contribution in [0.5, 0.6) is 5.75 Å². The van der Waals surface area contributed by atoms with E-state index in [0.717, 1.165) is 0 Å². The van der Waals surface area contributed by atoms with Crippen LogP contribution in [0.15, 0.2) is 23.0 Å². The lowest BCUT2D eigenvalue weighted by Gasteiger charge is -2.41. The van der Waals surface area contributed by atoms with Crippen LogP contribution in [0.4, 0.5) is 4.39 Å². The van der Waals surface area contributed by atoms with Gasteiger partial charge in [-0.2, -0.15) is 0 Å². The monoisotopic (exact) mass is 433 g/mol. The van der Waals surface area contributed by atoms with E-state index in [1.54, 1.807) is 15.5 Å². The molecular weight excluding hydrogens is 413 g/mol. The topological polar surface area (TPSA) is 91.6 Å². The molecule has 2 N–H and O–H groups in total. The second-order valence-electron chi connectivity index (χ2n) is 7.90. The smallest absolute Gasteiger partial charge is 0.274 e. The summed E-state index contributed by atoms with van der Waals surface area (Å²) in [5, 5.41) is 13.0. The molecule has 1 atom stereocenters. The van der Waals surface area contributed by atoms with E-state index in [9.17, 15) is 23.9 Å². The van der Waals surface area contributed by atoms with E-state index in [1.165, 1.54) is 12.1 Å². The Morgan fingerprint density at radius 2 is 2.10 bits per heavy atom. The van der Waals surface area contributed by atoms with Crippen molar-refractivity contribution >= 4 is 23.4 Å². The zero-order valence-electron chi connectivity index (χ0n) is 16.6. The largest absolute Gasteiger partial charge is 0.503 e. The summed E-state index contributed by atoms with van der Waals surface area (Å²) in [6, 6.07) is 4.43. The van der Waals surface area contributed by atoms with Gasteiger partial charge in [-0.3, -0.25) is 14.4 Å². The Bertz CT molecular complexity index is 1150. The van der Waals surface area contributed by atoms with E-state index in [0.29, 0.717) is 31.6 Å². The highest BCUT2D eigenvalue weighted by Gasteiger charge is 2.47. The van der Waals surface area contributed by atoms with Gasteiger partial charge >= 0.3 is 0 Å². The summed E-state index contributed by atoms with van der Waals surface area (Å²) in [6.45, 7) is 4.48. The predicted octanol–water partition coefficient (Wildman–Crippen LogP) is 2.41. The normalized spacial score (nSPS) is 19.7. The SMILES string of the molecule is CCN1C[C@]2(C)CCc3c(C(=O)NCc4cccc(Cl)c4F)c(=O)c(O)c(n32)C1=O. The quantitative estimate of drug-likeness (QED) is 0.774. The maximum atomic E-state index is 14.1. The summed E-state index contributed by atoms with van der Waals surface area (Å²) < 4.78 is 15.8. The van der Waals surface area contributed by atoms with Crippen molar-refractivity contribution in [3.63, 3.8) is 0 Å². The average Bonchev–Trinajstić information content (AvgIpc) is 3.05. The van der Waals surface area contributed by atoms with Crippen LogP contribution < -0.4 is 10.7 Å². The Morgan fingerprint density at radius 1 is 1.37 bits per heavy atom. The first-order valence-electron chi connectivity index (χ1n) is 9.71. The molecular formula is C21H21ClFN3O4. The van der Waals surface area contributed by atoms with Gasteiger partial charge in [0.25, 0.3) is 11.8 Å². The molecule has 1 aromatic heterocycles. The van der Waals surface area contributed by atoms with Crippen LogP contribution >= 0.6 is 11.6 Å². The number of rotatable bonds is 4. The molecule has 0 aliphatic carbocycles. The third-order valence-electron chi connectivity index (χ3n) is 5.99. The summed E-state index contributed by atoms with van der Waals surface area (Å²) in [7, 11) is 0. The fraction of sp³-hybridized carbons (Fsp3) is 0.381. The molecule has 0 unspecified atom stereocenters. The number of nitrogens with one attached hydrogen (secondary N) is 1. The molecule has 0 saturated carbocycles. The number of carbonyl (C=O) groups is 2. The van der Waals surface area contributed by atoms with Crippen LogP contribution in [0.25, 0.3) is 0 Å². The molecule has 1 aromatic carbocycles. The molecule has 0 spiro atoms. The lowest BCUT2D eigenvalue weighted by molar-refractivity contribution is 0.0589. The molecule has 4 rings (SSSR count). The van der Waals surface area contributed by atoms with Gasteiger partial charge in [0.15, 0.2) is 11.4 Å². The van der Waals surface area contributed by atoms with Gasteiger partial charge in [-0.05, 0) is 32.8 Å². The number of hydrogen-bond donors (Lipinski definition) is 2. The predicted molar refractivity (Wildman–Crippen MR) is 108 cm³/mol. The van der Waals surface area contributed by atoms with E-state index in [-0.39, 0.29) is 28.4 Å². The van der Waals surface area contributed by atoms with E-state index in [2.05, 4.69) is 5.32 Å². The molecule has 0 saturated heterocycles. The number of hydrogen-bond acceptors (Lipinski definition) is 4. The minimum Gasteiger partial charge on any atom is -0.503 e. The van der Waals surface area contributed by atoms with Crippen LogP contribution in [0.3, 0.4) is 0 Å². The third-order valence-corrected chi connectivity index (χ3v) is 6.28. The van der Waals surface area contributed by atoms with Crippen molar-refractivity contribution in [3.05, 3.63) is 61.8 Å². The number of benzene rings is 1. The number of likely N-dealkylation sites (N-methyl/N-ethyl adjacent to an activating group) is 1. The van der Waals surface area contributed by atoms with Gasteiger partial charge in [0.05, 0.1) is 10.6 Å². The number of amides is 2. The molecule has 30 heavy (non-hydrogen) atoms. The summed E-state index contributed by atoms with van der Waals surface area (Å²) in [6.07, 6.45) is 1.04. The van der Waals surface area contributed by atoms with Gasteiger partial charge in [0.2, 0.25) is 5.43 Å². The van der Waals surface area contributed by atoms with Crippen LogP contribution in [0.2, 0.25) is 5.02 Å². The van der Waals surface area contributed by atoms with Crippen LogP contribution in [0.1, 0.15) is 52.4 Å². The molecule has 0 radical (unpaired) electrons. The van der Waals surface area contributed by atoms with Gasteiger partial charge in [-0.15, -0.1) is 0 Å². The second-order valence-corrected chi connectivity index (χ2v) is 8.30. The maximum absolute atomic E-state index is 14.1. The standard InChI is InChI=1S/C21H21ClFN3O4/c1-3-25-10-21(2)8-7-13-14(17(27)18(28)16(20(25)30)26(13)21)19(29)24-9-11-5-4-6-12(22)15(11)23/h4-6,28H,3,7-10H2,1-2H3,(H,24,29)/t21-/m0/s1. The van der Waals surface area contributed by atoms with Crippen molar-refractivity contribution in [2.24, 2.45) is 0 Å². The molecule has 7 nitrogen and oxygen atoms in total. The molecule has 2 amide bonds. The Kier molecular flexibility index (Phi) is 4.85. The molecule has 158 valence electrons. The highest BCUT2D eigenvalue weighted by molar-refractivity contribution is 6.30. The number of carbonyl (C=O) groups excluding carboxylic acids is 2. The Morgan fingerprint density at radius 3 is 2.80 bits per heavy atom. The van der Waals surface area contributed by atoms with Crippen molar-refractivity contribution < 1.29 is 19.1 Å². The number of aromatic nitrogens is 1. The minimum atomic E-state index is -0.893. The number of nitrogens with zero attached hydrogens (tertiary/aromatic N) is 2. The average molecular weight is 434 g/mol. The lowest BCUT2D eigenvalue weighted by atomic mass is 9.95. The van der Waals surface area contributed by atoms with Crippen molar-refractivity contribution in [1.82, 2.24) is 14.8 Å². The van der Waals surface area contributed by atoms with Crippen LogP contribution in [-0.4, -0.2) is 39.5 Å². The highest BCUT2D eigenvalue weighted by Crippen LogP contribution is 2.40. The first-order valence-corrected chi connectivity index (χ1v) is 10.1. The molecule has 9 heteroatoms. The summed E-state index contributed by atoms with van der Waals surface area (Å²) in [4.78, 5) is 40.1. The van der Waals surface area contributed by atoms with Crippen molar-refractivity contribution in [2.45, 2.75) is 38.8 Å². The molecule has 2 aromatic rings. The molecule has 0 bridgehead atoms. The van der Waals surface area contributed by atoms with Crippen LogP contribution in [-0.2, 0) is 18.5 Å². The Hall–Kier alpha value is -2.87. The molecule has 2 aliphatic rings. The highest BCUT2D eigenvalue weighted by atomic mass is 35.5. The first-order chi connectivity index (χ1) is 14.2. The lowest BCUT2D eigenvalue weighted by Crippen LogP contribution is -2.52. The fourth-order valence-electron chi connectivity index (χ4n) is 4.46. The second kappa shape index (κ2) is 7.12. The van der Waals surface area contributed by atoms with E-state index in [4.69, 9.17) is 11.6 Å². The zero-order chi connectivity index (χ0) is 21.8. The van der Waals surface area contributed by atoms with Gasteiger partial charge in [0.1, 0.15) is 11.4 Å². The molecule has 3 heterocycles. The van der Waals surface area contributed by atoms with Gasteiger partial charge in [-0.25, -0.2) is 4.39 Å². The van der Waals surface area contributed by atoms with Crippen molar-refractivity contribution in [2.75, 3.05) is 13.1 Å². The van der Waals surface area contributed by atoms with Crippen molar-refractivity contribution in [3.8, 4) is 5.75 Å². The van der Waals surface area contributed by atoms with E-state index < -0.39 is 34.3 Å². The van der Waals surface area contributed by atoms with E-state index in [1.807, 2.05) is 13.8 Å². The van der Waals surface area contributed by atoms with Gasteiger partial charge in [0, 0.05) is 30.9 Å². The van der Waals surface area contributed by atoms with E-state index >= 15 is 0 Å². The summed E-state index contributed by atoms with van der Waals surface area (Å²) >= 11 is 5.77. The fourth-order valence-corrected chi connectivity index (χ4v) is 4.65. The summed E-state index contributed by atoms with van der Waals surface area (Å²) in [5.41, 5.74) is -1.10. The zero-order valence-corrected chi connectivity index (χ0v) is 17.3. The minimum absolute atomic E-state index is 0.0680.